The quantitative estimate of drug-likeness (QED) is 0.176. The van der Waals surface area contributed by atoms with Gasteiger partial charge in [-0.05, 0) is 103 Å². The summed E-state index contributed by atoms with van der Waals surface area (Å²) in [6.07, 6.45) is 7.73. The third kappa shape index (κ3) is 4.96. The Labute approximate surface area is 221 Å². The number of ether oxygens (including phenoxy) is 2. The van der Waals surface area contributed by atoms with E-state index in [4.69, 9.17) is 14.5 Å². The smallest absolute Gasteiger partial charge is 0.174 e. The molecule has 4 nitrogen and oxygen atoms in total. The predicted octanol–water partition coefficient (Wildman–Crippen LogP) is 7.97. The van der Waals surface area contributed by atoms with Crippen molar-refractivity contribution in [1.82, 2.24) is 0 Å². The third-order valence-corrected chi connectivity index (χ3v) is 7.55. The largest absolute Gasteiger partial charge is 0.490 e. The van der Waals surface area contributed by atoms with Crippen molar-refractivity contribution in [3.8, 4) is 11.5 Å². The average molecular weight is 578 g/mol. The van der Waals surface area contributed by atoms with Crippen LogP contribution >= 0.6 is 22.6 Å². The zero-order valence-corrected chi connectivity index (χ0v) is 22.6. The van der Waals surface area contributed by atoms with Crippen molar-refractivity contribution < 1.29 is 9.47 Å². The number of hydrogen-bond acceptors (Lipinski definition) is 4. The highest BCUT2D eigenvalue weighted by Crippen LogP contribution is 2.50. The van der Waals surface area contributed by atoms with Gasteiger partial charge in [0.15, 0.2) is 11.5 Å². The number of nitrogens with one attached hydrogen (secondary N) is 1. The first kappa shape index (κ1) is 23.9. The number of fused-ring (bicyclic) bond motifs is 3. The lowest BCUT2D eigenvalue weighted by molar-refractivity contribution is 0.286. The molecule has 3 aromatic rings. The highest BCUT2D eigenvalue weighted by molar-refractivity contribution is 14.1. The Bertz CT molecular complexity index is 1270. The van der Waals surface area contributed by atoms with E-state index in [2.05, 4.69) is 95.5 Å². The number of aryl methyl sites for hydroxylation is 1. The van der Waals surface area contributed by atoms with Gasteiger partial charge >= 0.3 is 0 Å². The monoisotopic (exact) mass is 578 g/mol. The number of hydrogen-bond donors (Lipinski definition) is 1. The Balaban J connectivity index is 1.36. The van der Waals surface area contributed by atoms with E-state index in [9.17, 15) is 0 Å². The molecule has 1 aliphatic heterocycles. The molecule has 0 unspecified atom stereocenters. The Morgan fingerprint density at radius 3 is 2.60 bits per heavy atom. The van der Waals surface area contributed by atoms with E-state index >= 15 is 0 Å². The number of allylic oxidation sites excluding steroid dienone is 2. The fourth-order valence-electron chi connectivity index (χ4n) is 5.17. The molecule has 0 amide bonds. The van der Waals surface area contributed by atoms with Gasteiger partial charge in [0.05, 0.1) is 28.5 Å². The van der Waals surface area contributed by atoms with Crippen molar-refractivity contribution in [3.63, 3.8) is 0 Å². The van der Waals surface area contributed by atoms with Crippen molar-refractivity contribution >= 4 is 40.2 Å². The molecule has 0 bridgehead atoms. The van der Waals surface area contributed by atoms with Crippen molar-refractivity contribution in [2.45, 2.75) is 39.2 Å². The summed E-state index contributed by atoms with van der Waals surface area (Å²) in [5.41, 5.74) is 7.24. The Morgan fingerprint density at radius 1 is 1.03 bits per heavy atom. The molecule has 5 rings (SSSR count). The molecule has 0 aromatic heterocycles. The number of nitrogens with zero attached hydrogens (tertiary/aromatic N) is 1. The van der Waals surface area contributed by atoms with E-state index < -0.39 is 0 Å². The van der Waals surface area contributed by atoms with Crippen molar-refractivity contribution in [2.24, 2.45) is 10.9 Å². The summed E-state index contributed by atoms with van der Waals surface area (Å²) >= 11 is 2.29. The number of halogens is 1. The lowest BCUT2D eigenvalue weighted by Crippen LogP contribution is -2.29. The molecule has 0 saturated carbocycles. The van der Waals surface area contributed by atoms with E-state index in [0.29, 0.717) is 31.1 Å². The molecule has 3 aromatic carbocycles. The molecular weight excluding hydrogens is 547 g/mol. The molecule has 35 heavy (non-hydrogen) atoms. The van der Waals surface area contributed by atoms with E-state index in [1.165, 1.54) is 22.4 Å². The van der Waals surface area contributed by atoms with Gasteiger partial charge in [-0.3, -0.25) is 4.99 Å². The van der Waals surface area contributed by atoms with E-state index in [0.717, 1.165) is 32.7 Å². The second-order valence-electron chi connectivity index (χ2n) is 9.11. The fraction of sp³-hybridized carbons (Fsp3) is 0.300. The molecule has 0 saturated heterocycles. The van der Waals surface area contributed by atoms with Crippen LogP contribution in [0.25, 0.3) is 0 Å². The summed E-state index contributed by atoms with van der Waals surface area (Å²) in [5.74, 6) is 2.58. The minimum Gasteiger partial charge on any atom is -0.490 e. The zero-order chi connectivity index (χ0) is 24.4. The second-order valence-corrected chi connectivity index (χ2v) is 10.3. The van der Waals surface area contributed by atoms with Gasteiger partial charge in [0, 0.05) is 17.8 Å². The van der Waals surface area contributed by atoms with Gasteiger partial charge in [-0.2, -0.15) is 0 Å². The van der Waals surface area contributed by atoms with Crippen LogP contribution in [-0.4, -0.2) is 19.4 Å². The van der Waals surface area contributed by atoms with Crippen LogP contribution in [0.15, 0.2) is 71.7 Å². The molecule has 3 atom stereocenters. The van der Waals surface area contributed by atoms with Gasteiger partial charge in [-0.1, -0.05) is 42.0 Å². The number of benzene rings is 3. The van der Waals surface area contributed by atoms with Crippen LogP contribution in [0.5, 0.6) is 11.5 Å². The summed E-state index contributed by atoms with van der Waals surface area (Å²) in [4.78, 5) is 4.74. The number of anilines is 1. The maximum Gasteiger partial charge on any atom is 0.174 e. The first-order chi connectivity index (χ1) is 17.1. The minimum atomic E-state index is 0.296. The standard InChI is InChI=1S/C30H31IN2O2/c1-4-34-28-17-20(16-26(31)30(28)35-5-2)18-32-22-12-10-21(11-13-22)29-24-8-6-7-23(24)25-15-19(3)9-14-27(25)33-29/h6-7,9-18,23-24,29,33H,4-5,8H2,1-3H3/t23-,24+,29+/m1/s1. The Morgan fingerprint density at radius 2 is 1.83 bits per heavy atom. The normalized spacial score (nSPS) is 20.4. The number of aliphatic imine (C=N–C) groups is 1. The summed E-state index contributed by atoms with van der Waals surface area (Å²) in [7, 11) is 0. The van der Waals surface area contributed by atoms with Crippen LogP contribution in [0.3, 0.4) is 0 Å². The van der Waals surface area contributed by atoms with Crippen LogP contribution < -0.4 is 14.8 Å². The van der Waals surface area contributed by atoms with Gasteiger partial charge < -0.3 is 14.8 Å². The van der Waals surface area contributed by atoms with E-state index in [1.807, 2.05) is 26.1 Å². The highest BCUT2D eigenvalue weighted by Gasteiger charge is 2.37. The molecule has 5 heteroatoms. The van der Waals surface area contributed by atoms with Crippen LogP contribution in [0.2, 0.25) is 0 Å². The summed E-state index contributed by atoms with van der Waals surface area (Å²) in [6.45, 7) is 7.33. The Kier molecular flexibility index (Phi) is 7.14. The predicted molar refractivity (Wildman–Crippen MR) is 153 cm³/mol. The number of rotatable bonds is 7. The molecule has 180 valence electrons. The molecule has 0 radical (unpaired) electrons. The second kappa shape index (κ2) is 10.4. The SMILES string of the molecule is CCOc1cc(C=Nc2ccc([C@@H]3Nc4ccc(C)cc4[C@@H]4C=CC[C@@H]43)cc2)cc(I)c1OCC. The molecule has 0 fully saturated rings. The van der Waals surface area contributed by atoms with Crippen LogP contribution in [0.1, 0.15) is 54.5 Å². The first-order valence-electron chi connectivity index (χ1n) is 12.3. The maximum absolute atomic E-state index is 5.81. The van der Waals surface area contributed by atoms with Crippen molar-refractivity contribution in [3.05, 3.63) is 92.6 Å². The van der Waals surface area contributed by atoms with Gasteiger partial charge in [-0.25, -0.2) is 0 Å². The Hall–Kier alpha value is -2.80. The van der Waals surface area contributed by atoms with E-state index in [-0.39, 0.29) is 0 Å². The van der Waals surface area contributed by atoms with Gasteiger partial charge in [0.1, 0.15) is 0 Å². The minimum absolute atomic E-state index is 0.296. The summed E-state index contributed by atoms with van der Waals surface area (Å²) in [6, 6.07) is 19.8. The molecule has 1 aliphatic carbocycles. The van der Waals surface area contributed by atoms with Gasteiger partial charge in [-0.15, -0.1) is 0 Å². The molecule has 0 spiro atoms. The zero-order valence-electron chi connectivity index (χ0n) is 20.4. The molecule has 1 N–H and O–H groups in total. The van der Waals surface area contributed by atoms with Crippen LogP contribution in [0, 0.1) is 16.4 Å². The maximum atomic E-state index is 5.81. The van der Waals surface area contributed by atoms with Crippen LogP contribution in [-0.2, 0) is 0 Å². The van der Waals surface area contributed by atoms with Crippen molar-refractivity contribution in [2.75, 3.05) is 18.5 Å². The first-order valence-corrected chi connectivity index (χ1v) is 13.4. The fourth-order valence-corrected chi connectivity index (χ4v) is 5.95. The lowest BCUT2D eigenvalue weighted by atomic mass is 9.76. The highest BCUT2D eigenvalue weighted by atomic mass is 127. The summed E-state index contributed by atoms with van der Waals surface area (Å²) in [5, 5.41) is 3.82. The van der Waals surface area contributed by atoms with Crippen molar-refractivity contribution in [1.29, 1.82) is 0 Å². The third-order valence-electron chi connectivity index (χ3n) is 6.75. The van der Waals surface area contributed by atoms with E-state index in [1.54, 1.807) is 0 Å². The molecule has 1 heterocycles. The summed E-state index contributed by atoms with van der Waals surface area (Å²) < 4.78 is 12.6. The molecule has 2 aliphatic rings. The van der Waals surface area contributed by atoms with Crippen LogP contribution in [0.4, 0.5) is 11.4 Å². The molecular formula is C30H31IN2O2. The topological polar surface area (TPSA) is 42.8 Å². The lowest BCUT2D eigenvalue weighted by Gasteiger charge is -2.37. The van der Waals surface area contributed by atoms with Gasteiger partial charge in [0.2, 0.25) is 0 Å². The average Bonchev–Trinajstić information content (AvgIpc) is 3.35. The van der Waals surface area contributed by atoms with Gasteiger partial charge in [0.25, 0.3) is 0 Å².